The van der Waals surface area contributed by atoms with E-state index in [0.29, 0.717) is 6.42 Å². The Morgan fingerprint density at radius 3 is 2.81 bits per heavy atom. The standard InChI is InChI=1S/C12H21NO2S/c14-12(15)7-11-9-16-6-5-13(11)8-10-3-1-2-4-10/h10-11H,1-9H2,(H,14,15). The third-order valence-electron chi connectivity index (χ3n) is 3.73. The first-order chi connectivity index (χ1) is 7.75. The van der Waals surface area contributed by atoms with Crippen molar-refractivity contribution in [2.45, 2.75) is 38.1 Å². The van der Waals surface area contributed by atoms with Crippen LogP contribution in [-0.4, -0.2) is 46.6 Å². The number of rotatable bonds is 4. The second kappa shape index (κ2) is 5.92. The summed E-state index contributed by atoms with van der Waals surface area (Å²) in [6.45, 7) is 2.22. The van der Waals surface area contributed by atoms with Gasteiger partial charge >= 0.3 is 5.97 Å². The van der Waals surface area contributed by atoms with Gasteiger partial charge in [0, 0.05) is 30.6 Å². The third-order valence-corrected chi connectivity index (χ3v) is 4.82. The van der Waals surface area contributed by atoms with E-state index in [4.69, 9.17) is 5.11 Å². The molecule has 4 heteroatoms. The van der Waals surface area contributed by atoms with Crippen LogP contribution in [0.4, 0.5) is 0 Å². The van der Waals surface area contributed by atoms with Crippen molar-refractivity contribution in [1.29, 1.82) is 0 Å². The summed E-state index contributed by atoms with van der Waals surface area (Å²) in [4.78, 5) is 13.2. The Hall–Kier alpha value is -0.220. The number of carboxylic acid groups (broad SMARTS) is 1. The van der Waals surface area contributed by atoms with E-state index in [1.165, 1.54) is 31.4 Å². The number of nitrogens with zero attached hydrogens (tertiary/aromatic N) is 1. The van der Waals surface area contributed by atoms with E-state index < -0.39 is 5.97 Å². The molecule has 0 aromatic carbocycles. The SMILES string of the molecule is O=C(O)CC1CSCCN1CC1CCCC1. The maximum absolute atomic E-state index is 10.8. The highest BCUT2D eigenvalue weighted by molar-refractivity contribution is 7.99. The lowest BCUT2D eigenvalue weighted by Gasteiger charge is -2.36. The molecule has 0 amide bonds. The van der Waals surface area contributed by atoms with Crippen LogP contribution in [0.2, 0.25) is 0 Å². The van der Waals surface area contributed by atoms with Crippen LogP contribution in [0, 0.1) is 5.92 Å². The van der Waals surface area contributed by atoms with Gasteiger partial charge in [0.05, 0.1) is 6.42 Å². The molecule has 1 aliphatic heterocycles. The minimum absolute atomic E-state index is 0.275. The van der Waals surface area contributed by atoms with Crippen molar-refractivity contribution in [2.75, 3.05) is 24.6 Å². The van der Waals surface area contributed by atoms with Crippen molar-refractivity contribution in [3.8, 4) is 0 Å². The molecule has 16 heavy (non-hydrogen) atoms. The lowest BCUT2D eigenvalue weighted by atomic mass is 10.1. The molecule has 1 heterocycles. The monoisotopic (exact) mass is 243 g/mol. The van der Waals surface area contributed by atoms with Crippen LogP contribution in [-0.2, 0) is 4.79 Å². The third kappa shape index (κ3) is 3.39. The zero-order valence-corrected chi connectivity index (χ0v) is 10.5. The quantitative estimate of drug-likeness (QED) is 0.820. The molecule has 0 aromatic rings. The Kier molecular flexibility index (Phi) is 4.53. The lowest BCUT2D eigenvalue weighted by Crippen LogP contribution is -2.45. The summed E-state index contributed by atoms with van der Waals surface area (Å²) in [5.41, 5.74) is 0. The smallest absolute Gasteiger partial charge is 0.304 e. The fourth-order valence-corrected chi connectivity index (χ4v) is 3.97. The Morgan fingerprint density at radius 2 is 2.12 bits per heavy atom. The average Bonchev–Trinajstić information content (AvgIpc) is 2.73. The van der Waals surface area contributed by atoms with Gasteiger partial charge in [0.1, 0.15) is 0 Å². The lowest BCUT2D eigenvalue weighted by molar-refractivity contribution is -0.138. The van der Waals surface area contributed by atoms with Crippen LogP contribution in [0.5, 0.6) is 0 Å². The average molecular weight is 243 g/mol. The Balaban J connectivity index is 1.85. The van der Waals surface area contributed by atoms with Crippen molar-refractivity contribution in [2.24, 2.45) is 5.92 Å². The number of hydrogen-bond donors (Lipinski definition) is 1. The summed E-state index contributed by atoms with van der Waals surface area (Å²) in [5, 5.41) is 8.91. The van der Waals surface area contributed by atoms with Gasteiger partial charge < -0.3 is 5.11 Å². The molecule has 0 spiro atoms. The minimum atomic E-state index is -0.649. The molecule has 1 unspecified atom stereocenters. The fourth-order valence-electron chi connectivity index (χ4n) is 2.84. The molecule has 92 valence electrons. The molecule has 1 saturated heterocycles. The molecule has 2 aliphatic rings. The van der Waals surface area contributed by atoms with Crippen molar-refractivity contribution in [3.05, 3.63) is 0 Å². The highest BCUT2D eigenvalue weighted by Gasteiger charge is 2.27. The Morgan fingerprint density at radius 1 is 1.38 bits per heavy atom. The van der Waals surface area contributed by atoms with Gasteiger partial charge in [-0.1, -0.05) is 12.8 Å². The van der Waals surface area contributed by atoms with Crippen LogP contribution in [0.3, 0.4) is 0 Å². The predicted octanol–water partition coefficient (Wildman–Crippen LogP) is 2.07. The van der Waals surface area contributed by atoms with Crippen molar-refractivity contribution < 1.29 is 9.90 Å². The molecule has 3 nitrogen and oxygen atoms in total. The van der Waals surface area contributed by atoms with Crippen molar-refractivity contribution in [1.82, 2.24) is 4.90 Å². The van der Waals surface area contributed by atoms with Crippen LogP contribution >= 0.6 is 11.8 Å². The molecular formula is C12H21NO2S. The van der Waals surface area contributed by atoms with E-state index in [9.17, 15) is 4.79 Å². The van der Waals surface area contributed by atoms with Crippen molar-refractivity contribution >= 4 is 17.7 Å². The van der Waals surface area contributed by atoms with Gasteiger partial charge in [-0.2, -0.15) is 11.8 Å². The first-order valence-corrected chi connectivity index (χ1v) is 7.45. The van der Waals surface area contributed by atoms with Crippen LogP contribution in [0.1, 0.15) is 32.1 Å². The van der Waals surface area contributed by atoms with E-state index in [-0.39, 0.29) is 6.04 Å². The van der Waals surface area contributed by atoms with Gasteiger partial charge in [0.2, 0.25) is 0 Å². The van der Waals surface area contributed by atoms with Gasteiger partial charge in [-0.05, 0) is 18.8 Å². The topological polar surface area (TPSA) is 40.5 Å². The maximum atomic E-state index is 10.8. The molecule has 2 rings (SSSR count). The van der Waals surface area contributed by atoms with E-state index in [2.05, 4.69) is 4.90 Å². The largest absolute Gasteiger partial charge is 0.481 e. The highest BCUT2D eigenvalue weighted by Crippen LogP contribution is 2.28. The molecule has 0 radical (unpaired) electrons. The summed E-state index contributed by atoms with van der Waals surface area (Å²) in [6, 6.07) is 0.275. The van der Waals surface area contributed by atoms with Crippen LogP contribution in [0.15, 0.2) is 0 Å². The van der Waals surface area contributed by atoms with Gasteiger partial charge in [-0.3, -0.25) is 9.69 Å². The second-order valence-corrected chi connectivity index (χ2v) is 6.12. The first-order valence-electron chi connectivity index (χ1n) is 6.29. The second-order valence-electron chi connectivity index (χ2n) is 4.97. The fraction of sp³-hybridized carbons (Fsp3) is 0.917. The normalized spacial score (nSPS) is 28.4. The van der Waals surface area contributed by atoms with E-state index >= 15 is 0 Å². The number of hydrogen-bond acceptors (Lipinski definition) is 3. The molecule has 1 aliphatic carbocycles. The summed E-state index contributed by atoms with van der Waals surface area (Å²) in [6.07, 6.45) is 5.76. The molecule has 1 atom stereocenters. The molecule has 2 fully saturated rings. The number of carboxylic acids is 1. The number of carbonyl (C=O) groups is 1. The van der Waals surface area contributed by atoms with E-state index in [0.717, 1.165) is 24.8 Å². The zero-order chi connectivity index (χ0) is 11.4. The van der Waals surface area contributed by atoms with Gasteiger partial charge in [0.25, 0.3) is 0 Å². The minimum Gasteiger partial charge on any atom is -0.481 e. The summed E-state index contributed by atoms with van der Waals surface area (Å²) >= 11 is 1.90. The molecule has 1 saturated carbocycles. The summed E-state index contributed by atoms with van der Waals surface area (Å²) in [5.74, 6) is 2.35. The number of thioether (sulfide) groups is 1. The zero-order valence-electron chi connectivity index (χ0n) is 9.73. The van der Waals surface area contributed by atoms with Crippen LogP contribution in [0.25, 0.3) is 0 Å². The Labute approximate surface area is 102 Å². The molecule has 1 N–H and O–H groups in total. The maximum Gasteiger partial charge on any atom is 0.304 e. The van der Waals surface area contributed by atoms with E-state index in [1.54, 1.807) is 0 Å². The van der Waals surface area contributed by atoms with E-state index in [1.807, 2.05) is 11.8 Å². The van der Waals surface area contributed by atoms with Gasteiger partial charge in [0.15, 0.2) is 0 Å². The molecule has 0 aromatic heterocycles. The highest BCUT2D eigenvalue weighted by atomic mass is 32.2. The Bertz CT molecular complexity index is 241. The molecular weight excluding hydrogens is 222 g/mol. The summed E-state index contributed by atoms with van der Waals surface area (Å²) < 4.78 is 0. The predicted molar refractivity (Wildman–Crippen MR) is 66.9 cm³/mol. The number of aliphatic carboxylic acids is 1. The summed E-state index contributed by atoms with van der Waals surface area (Å²) in [7, 11) is 0. The van der Waals surface area contributed by atoms with Crippen LogP contribution < -0.4 is 0 Å². The van der Waals surface area contributed by atoms with Crippen molar-refractivity contribution in [3.63, 3.8) is 0 Å². The molecule has 0 bridgehead atoms. The first kappa shape index (κ1) is 12.2. The van der Waals surface area contributed by atoms with Gasteiger partial charge in [-0.25, -0.2) is 0 Å². The van der Waals surface area contributed by atoms with Gasteiger partial charge in [-0.15, -0.1) is 0 Å².